The number of rotatable bonds is 7. The number of nitrogens with one attached hydrogen (secondary N) is 1. The largest absolute Gasteiger partial charge is 0.328 e. The molecule has 2 aromatic carbocycles. The van der Waals surface area contributed by atoms with Crippen molar-refractivity contribution in [3.05, 3.63) is 104 Å². The van der Waals surface area contributed by atoms with Gasteiger partial charge in [-0.3, -0.25) is 35.2 Å². The number of nitro benzene ring substituents is 2. The molecule has 1 N–H and O–H groups in total. The Morgan fingerprint density at radius 1 is 1.09 bits per heavy atom. The van der Waals surface area contributed by atoms with E-state index in [9.17, 15) is 29.8 Å². The Hall–Kier alpha value is -4.52. The SMILES string of the molecule is O=C(Cn1ccnc1)NN1C(=O)/C(=C/c2ccccc2[N+](=O)[O-])SC1c1ccccc1[N+](=O)[O-]. The predicted octanol–water partition coefficient (Wildman–Crippen LogP) is 3.05. The molecule has 0 aliphatic carbocycles. The van der Waals surface area contributed by atoms with Gasteiger partial charge in [0.25, 0.3) is 23.2 Å². The first-order valence-electron chi connectivity index (χ1n) is 9.79. The number of carbonyl (C=O) groups is 2. The first-order chi connectivity index (χ1) is 16.3. The minimum Gasteiger partial charge on any atom is -0.328 e. The van der Waals surface area contributed by atoms with Crippen LogP contribution in [0.25, 0.3) is 6.08 Å². The highest BCUT2D eigenvalue weighted by molar-refractivity contribution is 8.04. The van der Waals surface area contributed by atoms with Gasteiger partial charge in [0.15, 0.2) is 0 Å². The molecule has 0 bridgehead atoms. The van der Waals surface area contributed by atoms with E-state index in [0.717, 1.165) is 16.8 Å². The van der Waals surface area contributed by atoms with Crippen molar-refractivity contribution < 1.29 is 19.4 Å². The maximum Gasteiger partial charge on any atom is 0.280 e. The zero-order valence-electron chi connectivity index (χ0n) is 17.3. The number of hydrogen-bond acceptors (Lipinski definition) is 8. The number of thioether (sulfide) groups is 1. The van der Waals surface area contributed by atoms with Gasteiger partial charge in [0.2, 0.25) is 0 Å². The van der Waals surface area contributed by atoms with Gasteiger partial charge in [0, 0.05) is 24.5 Å². The summed E-state index contributed by atoms with van der Waals surface area (Å²) in [5.74, 6) is -1.20. The fraction of sp³-hybridized carbons (Fsp3) is 0.0952. The van der Waals surface area contributed by atoms with Crippen LogP contribution in [0, 0.1) is 20.2 Å². The molecular weight excluding hydrogens is 464 g/mol. The number of para-hydroxylation sites is 2. The highest BCUT2D eigenvalue weighted by Crippen LogP contribution is 2.47. The lowest BCUT2D eigenvalue weighted by molar-refractivity contribution is -0.385. The molecule has 2 heterocycles. The zero-order valence-corrected chi connectivity index (χ0v) is 18.1. The summed E-state index contributed by atoms with van der Waals surface area (Å²) < 4.78 is 1.49. The molecule has 172 valence electrons. The van der Waals surface area contributed by atoms with Crippen molar-refractivity contribution in [3.63, 3.8) is 0 Å². The first kappa shape index (κ1) is 22.7. The van der Waals surface area contributed by atoms with E-state index in [1.165, 1.54) is 59.6 Å². The maximum atomic E-state index is 13.3. The Balaban J connectivity index is 1.72. The number of nitro groups is 2. The van der Waals surface area contributed by atoms with E-state index >= 15 is 0 Å². The van der Waals surface area contributed by atoms with Crippen LogP contribution >= 0.6 is 11.8 Å². The molecule has 1 atom stereocenters. The van der Waals surface area contributed by atoms with Crippen LogP contribution in [0.2, 0.25) is 0 Å². The average Bonchev–Trinajstić information content (AvgIpc) is 3.43. The molecule has 1 fully saturated rings. The van der Waals surface area contributed by atoms with Gasteiger partial charge in [0.1, 0.15) is 11.9 Å². The minimum absolute atomic E-state index is 0.0837. The van der Waals surface area contributed by atoms with E-state index < -0.39 is 27.0 Å². The zero-order chi connectivity index (χ0) is 24.2. The van der Waals surface area contributed by atoms with E-state index in [0.29, 0.717) is 0 Å². The van der Waals surface area contributed by atoms with Crippen LogP contribution in [0.1, 0.15) is 16.5 Å². The fourth-order valence-electron chi connectivity index (χ4n) is 3.35. The number of imidazole rings is 1. The molecule has 1 saturated heterocycles. The molecule has 13 heteroatoms. The van der Waals surface area contributed by atoms with Gasteiger partial charge in [-0.2, -0.15) is 0 Å². The third-order valence-corrected chi connectivity index (χ3v) is 6.09. The van der Waals surface area contributed by atoms with Gasteiger partial charge < -0.3 is 4.57 Å². The summed E-state index contributed by atoms with van der Waals surface area (Å²) in [6.07, 6.45) is 5.84. The summed E-state index contributed by atoms with van der Waals surface area (Å²) in [5.41, 5.74) is 2.47. The Morgan fingerprint density at radius 3 is 2.44 bits per heavy atom. The summed E-state index contributed by atoms with van der Waals surface area (Å²) in [4.78, 5) is 51.6. The van der Waals surface area contributed by atoms with Crippen LogP contribution in [-0.2, 0) is 16.1 Å². The molecular formula is C21H16N6O6S. The monoisotopic (exact) mass is 480 g/mol. The van der Waals surface area contributed by atoms with Crippen LogP contribution in [-0.4, -0.2) is 36.2 Å². The Labute approximate surface area is 196 Å². The molecule has 12 nitrogen and oxygen atoms in total. The summed E-state index contributed by atoms with van der Waals surface area (Å²) in [6, 6.07) is 11.8. The van der Waals surface area contributed by atoms with Crippen LogP contribution < -0.4 is 5.43 Å². The topological polar surface area (TPSA) is 154 Å². The van der Waals surface area contributed by atoms with Crippen molar-refractivity contribution in [2.24, 2.45) is 0 Å². The number of hydrogen-bond donors (Lipinski definition) is 1. The number of nitrogens with zero attached hydrogens (tertiary/aromatic N) is 5. The Kier molecular flexibility index (Phi) is 6.36. The number of benzene rings is 2. The molecule has 2 amide bonds. The molecule has 1 aromatic heterocycles. The number of hydrazine groups is 1. The highest BCUT2D eigenvalue weighted by atomic mass is 32.2. The van der Waals surface area contributed by atoms with Gasteiger partial charge in [-0.25, -0.2) is 9.99 Å². The lowest BCUT2D eigenvalue weighted by atomic mass is 10.1. The summed E-state index contributed by atoms with van der Waals surface area (Å²) in [7, 11) is 0. The Morgan fingerprint density at radius 2 is 1.76 bits per heavy atom. The number of carbonyl (C=O) groups excluding carboxylic acids is 2. The standard InChI is InChI=1S/C21H16N6O6S/c28-19(12-24-10-9-22-13-24)23-25-20(29)18(11-14-5-1-3-7-16(14)26(30)31)34-21(25)15-6-2-4-8-17(15)27(32)33/h1-11,13,21H,12H2,(H,23,28)/b18-11-. The van der Waals surface area contributed by atoms with E-state index in [4.69, 9.17) is 0 Å². The van der Waals surface area contributed by atoms with Gasteiger partial charge in [-0.05, 0) is 18.2 Å². The minimum atomic E-state index is -0.963. The second-order valence-corrected chi connectivity index (χ2v) is 8.18. The lowest BCUT2D eigenvalue weighted by Crippen LogP contribution is -2.45. The average molecular weight is 480 g/mol. The second-order valence-electron chi connectivity index (χ2n) is 7.06. The van der Waals surface area contributed by atoms with Crippen molar-refractivity contribution in [2.45, 2.75) is 11.9 Å². The Bertz CT molecular complexity index is 1310. The molecule has 1 unspecified atom stereocenters. The summed E-state index contributed by atoms with van der Waals surface area (Å²) >= 11 is 0.953. The summed E-state index contributed by atoms with van der Waals surface area (Å²) in [5, 5.41) is 23.0. The van der Waals surface area contributed by atoms with E-state index in [1.54, 1.807) is 18.3 Å². The quantitative estimate of drug-likeness (QED) is 0.307. The van der Waals surface area contributed by atoms with Crippen molar-refractivity contribution in [1.29, 1.82) is 0 Å². The predicted molar refractivity (Wildman–Crippen MR) is 122 cm³/mol. The van der Waals surface area contributed by atoms with E-state index in [-0.39, 0.29) is 34.0 Å². The van der Waals surface area contributed by atoms with Crippen LogP contribution in [0.15, 0.2) is 72.2 Å². The fourth-order valence-corrected chi connectivity index (χ4v) is 4.57. The van der Waals surface area contributed by atoms with Gasteiger partial charge in [-0.15, -0.1) is 0 Å². The molecule has 1 aliphatic rings. The molecule has 1 aliphatic heterocycles. The molecule has 0 saturated carbocycles. The first-order valence-corrected chi connectivity index (χ1v) is 10.7. The van der Waals surface area contributed by atoms with Gasteiger partial charge in [0.05, 0.1) is 32.2 Å². The van der Waals surface area contributed by atoms with E-state index in [2.05, 4.69) is 10.4 Å². The number of aromatic nitrogens is 2. The molecule has 34 heavy (non-hydrogen) atoms. The molecule has 0 spiro atoms. The van der Waals surface area contributed by atoms with Crippen molar-refractivity contribution in [3.8, 4) is 0 Å². The third kappa shape index (κ3) is 4.63. The maximum absolute atomic E-state index is 13.3. The lowest BCUT2D eigenvalue weighted by Gasteiger charge is -2.24. The van der Waals surface area contributed by atoms with E-state index in [1.807, 2.05) is 0 Å². The molecule has 3 aromatic rings. The summed E-state index contributed by atoms with van der Waals surface area (Å²) in [6.45, 7) is -0.138. The van der Waals surface area contributed by atoms with Crippen LogP contribution in [0.5, 0.6) is 0 Å². The van der Waals surface area contributed by atoms with Crippen molar-refractivity contribution in [2.75, 3.05) is 0 Å². The molecule has 4 rings (SSSR count). The van der Waals surface area contributed by atoms with Gasteiger partial charge >= 0.3 is 0 Å². The number of amides is 2. The van der Waals surface area contributed by atoms with Crippen LogP contribution in [0.4, 0.5) is 11.4 Å². The van der Waals surface area contributed by atoms with Crippen molar-refractivity contribution >= 4 is 41.0 Å². The molecule has 0 radical (unpaired) electrons. The second kappa shape index (κ2) is 9.54. The van der Waals surface area contributed by atoms with Gasteiger partial charge in [-0.1, -0.05) is 36.0 Å². The van der Waals surface area contributed by atoms with Crippen LogP contribution in [0.3, 0.4) is 0 Å². The highest BCUT2D eigenvalue weighted by Gasteiger charge is 2.41. The normalized spacial score (nSPS) is 16.6. The third-order valence-electron chi connectivity index (χ3n) is 4.85. The van der Waals surface area contributed by atoms with Crippen molar-refractivity contribution in [1.82, 2.24) is 20.0 Å². The smallest absolute Gasteiger partial charge is 0.280 e.